The monoisotopic (exact) mass is 513 g/mol. The van der Waals surface area contributed by atoms with E-state index in [1.807, 2.05) is 0 Å². The Hall–Kier alpha value is -0.273. The fraction of sp³-hybridized carbons (Fsp3) is 0.739. The second kappa shape index (κ2) is 7.77. The zero-order valence-electron chi connectivity index (χ0n) is 18.6. The van der Waals surface area contributed by atoms with Gasteiger partial charge in [0.15, 0.2) is 14.6 Å². The molecule has 0 saturated heterocycles. The molecule has 2 aliphatic rings. The van der Waals surface area contributed by atoms with Gasteiger partial charge in [-0.1, -0.05) is 47.5 Å². The van der Waals surface area contributed by atoms with Crippen molar-refractivity contribution in [2.75, 3.05) is 0 Å². The maximum Gasteiger partial charge on any atom is 0.192 e. The molecule has 3 rings (SSSR count). The maximum absolute atomic E-state index is 12.1. The van der Waals surface area contributed by atoms with Crippen molar-refractivity contribution in [2.24, 2.45) is 5.41 Å². The van der Waals surface area contributed by atoms with E-state index in [-0.39, 0.29) is 16.6 Å². The Morgan fingerprint density at radius 3 is 2.36 bits per heavy atom. The number of halogens is 1. The SMILES string of the molecule is CC1(C)Cc2nc(C3CCCC3)c(C=O)c(I)c2[C@@H](O[Si](C)(C)C(C)(C)C)C1. The van der Waals surface area contributed by atoms with Crippen LogP contribution in [0.5, 0.6) is 0 Å². The number of hydrogen-bond donors (Lipinski definition) is 0. The number of pyridine rings is 1. The minimum Gasteiger partial charge on any atom is -0.410 e. The van der Waals surface area contributed by atoms with Crippen molar-refractivity contribution in [1.29, 1.82) is 0 Å². The third-order valence-corrected chi connectivity index (χ3v) is 12.8. The molecule has 1 saturated carbocycles. The zero-order valence-corrected chi connectivity index (χ0v) is 21.8. The number of carbonyl (C=O) groups is 1. The summed E-state index contributed by atoms with van der Waals surface area (Å²) in [6, 6.07) is 0. The average molecular weight is 514 g/mol. The molecule has 0 unspecified atom stereocenters. The van der Waals surface area contributed by atoms with Gasteiger partial charge >= 0.3 is 0 Å². The number of aldehydes is 1. The lowest BCUT2D eigenvalue weighted by Gasteiger charge is -2.44. The minimum absolute atomic E-state index is 0.0374. The third kappa shape index (κ3) is 4.27. The van der Waals surface area contributed by atoms with Gasteiger partial charge in [-0.25, -0.2) is 0 Å². The van der Waals surface area contributed by atoms with Crippen molar-refractivity contribution < 1.29 is 9.22 Å². The third-order valence-electron chi connectivity index (χ3n) is 7.12. The Labute approximate surface area is 185 Å². The van der Waals surface area contributed by atoms with Crippen molar-refractivity contribution in [2.45, 2.75) is 103 Å². The molecule has 0 aliphatic heterocycles. The molecule has 5 heteroatoms. The predicted molar refractivity (Wildman–Crippen MR) is 127 cm³/mol. The van der Waals surface area contributed by atoms with E-state index in [9.17, 15) is 4.79 Å². The molecule has 2 aliphatic carbocycles. The highest BCUT2D eigenvalue weighted by Crippen LogP contribution is 2.49. The van der Waals surface area contributed by atoms with E-state index in [4.69, 9.17) is 9.41 Å². The van der Waals surface area contributed by atoms with Gasteiger partial charge in [0.25, 0.3) is 0 Å². The van der Waals surface area contributed by atoms with E-state index in [0.29, 0.717) is 5.92 Å². The van der Waals surface area contributed by atoms with Crippen LogP contribution in [0.25, 0.3) is 0 Å². The molecular weight excluding hydrogens is 477 g/mol. The molecule has 1 aromatic rings. The molecule has 3 nitrogen and oxygen atoms in total. The van der Waals surface area contributed by atoms with Gasteiger partial charge in [0.1, 0.15) is 0 Å². The van der Waals surface area contributed by atoms with Crippen molar-refractivity contribution in [3.8, 4) is 0 Å². The van der Waals surface area contributed by atoms with Crippen LogP contribution < -0.4 is 0 Å². The van der Waals surface area contributed by atoms with E-state index < -0.39 is 8.32 Å². The Balaban J connectivity index is 2.11. The second-order valence-corrected chi connectivity index (χ2v) is 16.9. The average Bonchev–Trinajstić information content (AvgIpc) is 3.05. The first-order valence-electron chi connectivity index (χ1n) is 10.7. The quantitative estimate of drug-likeness (QED) is 0.243. The molecule has 0 amide bonds. The van der Waals surface area contributed by atoms with E-state index in [1.54, 1.807) is 0 Å². The number of fused-ring (bicyclic) bond motifs is 1. The normalized spacial score (nSPS) is 22.9. The molecule has 28 heavy (non-hydrogen) atoms. The van der Waals surface area contributed by atoms with Gasteiger partial charge in [-0.15, -0.1) is 0 Å². The van der Waals surface area contributed by atoms with Gasteiger partial charge in [0.05, 0.1) is 11.8 Å². The number of rotatable bonds is 4. The van der Waals surface area contributed by atoms with Crippen LogP contribution >= 0.6 is 22.6 Å². The van der Waals surface area contributed by atoms with Crippen LogP contribution in [0.3, 0.4) is 0 Å². The highest BCUT2D eigenvalue weighted by molar-refractivity contribution is 14.1. The number of hydrogen-bond acceptors (Lipinski definition) is 3. The Kier molecular flexibility index (Phi) is 6.22. The molecule has 0 bridgehead atoms. The summed E-state index contributed by atoms with van der Waals surface area (Å²) in [5.74, 6) is 0.448. The molecule has 0 spiro atoms. The summed E-state index contributed by atoms with van der Waals surface area (Å²) in [7, 11) is -1.93. The summed E-state index contributed by atoms with van der Waals surface area (Å²) in [6.07, 6.45) is 7.87. The van der Waals surface area contributed by atoms with Crippen molar-refractivity contribution in [3.05, 3.63) is 26.1 Å². The number of nitrogens with zero attached hydrogens (tertiary/aromatic N) is 1. The van der Waals surface area contributed by atoms with E-state index >= 15 is 0 Å². The summed E-state index contributed by atoms with van der Waals surface area (Å²) in [5, 5.41) is 0.158. The maximum atomic E-state index is 12.1. The fourth-order valence-corrected chi connectivity index (χ4v) is 6.83. The Morgan fingerprint density at radius 2 is 1.82 bits per heavy atom. The van der Waals surface area contributed by atoms with Crippen LogP contribution in [-0.4, -0.2) is 19.6 Å². The Morgan fingerprint density at radius 1 is 1.21 bits per heavy atom. The van der Waals surface area contributed by atoms with E-state index in [2.05, 4.69) is 70.3 Å². The summed E-state index contributed by atoms with van der Waals surface area (Å²) >= 11 is 2.40. The number of carbonyl (C=O) groups excluding carboxylic acids is 1. The number of aromatic nitrogens is 1. The molecule has 1 heterocycles. The lowest BCUT2D eigenvalue weighted by molar-refractivity contribution is 0.104. The molecule has 0 aromatic carbocycles. The van der Waals surface area contributed by atoms with Crippen LogP contribution in [0.15, 0.2) is 0 Å². The van der Waals surface area contributed by atoms with Crippen LogP contribution in [0, 0.1) is 8.99 Å². The Bertz CT molecular complexity index is 761. The zero-order chi connectivity index (χ0) is 20.9. The van der Waals surface area contributed by atoms with Crippen LogP contribution in [0.2, 0.25) is 18.1 Å². The van der Waals surface area contributed by atoms with Crippen molar-refractivity contribution in [1.82, 2.24) is 4.98 Å². The standard InChI is InChI=1S/C23H36INO2Si/c1-22(2,3)28(6,7)27-18-13-23(4,5)12-17-19(18)20(24)16(14-26)21(25-17)15-10-8-9-11-15/h14-15,18H,8-13H2,1-7H3/t18-/m0/s1. The van der Waals surface area contributed by atoms with Gasteiger partial charge in [0.2, 0.25) is 0 Å². The highest BCUT2D eigenvalue weighted by Gasteiger charge is 2.44. The van der Waals surface area contributed by atoms with Crippen LogP contribution in [-0.2, 0) is 10.8 Å². The van der Waals surface area contributed by atoms with Gasteiger partial charge in [0, 0.05) is 26.3 Å². The minimum atomic E-state index is -1.93. The topological polar surface area (TPSA) is 39.2 Å². The molecule has 1 atom stereocenters. The summed E-state index contributed by atoms with van der Waals surface area (Å²) in [5.41, 5.74) is 4.42. The molecular formula is C23H36INO2Si. The van der Waals surface area contributed by atoms with E-state index in [0.717, 1.165) is 46.8 Å². The summed E-state index contributed by atoms with van der Waals surface area (Å²) in [6.45, 7) is 16.2. The van der Waals surface area contributed by atoms with Crippen molar-refractivity contribution in [3.63, 3.8) is 0 Å². The first-order valence-corrected chi connectivity index (χ1v) is 14.7. The summed E-state index contributed by atoms with van der Waals surface area (Å²) in [4.78, 5) is 17.3. The second-order valence-electron chi connectivity index (χ2n) is 11.1. The molecule has 0 radical (unpaired) electrons. The van der Waals surface area contributed by atoms with Crippen LogP contribution in [0.1, 0.15) is 106 Å². The highest BCUT2D eigenvalue weighted by atomic mass is 127. The van der Waals surface area contributed by atoms with Gasteiger partial charge in [-0.05, 0) is 71.8 Å². The lowest BCUT2D eigenvalue weighted by atomic mass is 9.74. The first kappa shape index (κ1) is 22.4. The predicted octanol–water partition coefficient (Wildman–Crippen LogP) is 7.19. The van der Waals surface area contributed by atoms with Gasteiger partial charge < -0.3 is 4.43 Å². The molecule has 0 N–H and O–H groups in total. The lowest BCUT2D eigenvalue weighted by Crippen LogP contribution is -2.44. The molecule has 156 valence electrons. The van der Waals surface area contributed by atoms with E-state index in [1.165, 1.54) is 24.1 Å². The fourth-order valence-electron chi connectivity index (χ4n) is 4.50. The molecule has 1 aromatic heterocycles. The molecule has 1 fully saturated rings. The van der Waals surface area contributed by atoms with Gasteiger partial charge in [-0.3, -0.25) is 9.78 Å². The van der Waals surface area contributed by atoms with Gasteiger partial charge in [-0.2, -0.15) is 0 Å². The largest absolute Gasteiger partial charge is 0.410 e. The smallest absolute Gasteiger partial charge is 0.192 e. The van der Waals surface area contributed by atoms with Crippen LogP contribution in [0.4, 0.5) is 0 Å². The van der Waals surface area contributed by atoms with Crippen molar-refractivity contribution >= 4 is 37.2 Å². The summed E-state index contributed by atoms with van der Waals surface area (Å²) < 4.78 is 8.03. The first-order chi connectivity index (χ1) is 12.9.